The van der Waals surface area contributed by atoms with E-state index in [1.165, 1.54) is 16.6 Å². The Balaban J connectivity index is 1.77. The molecule has 23 heavy (non-hydrogen) atoms. The Morgan fingerprint density at radius 3 is 2.48 bits per heavy atom. The van der Waals surface area contributed by atoms with Crippen molar-refractivity contribution in [2.75, 3.05) is 0 Å². The predicted molar refractivity (Wildman–Crippen MR) is 96.8 cm³/mol. The molecule has 0 aliphatic rings. The van der Waals surface area contributed by atoms with Crippen LogP contribution in [0.15, 0.2) is 79.0 Å². The summed E-state index contributed by atoms with van der Waals surface area (Å²) < 4.78 is 2.23. The first-order valence-electron chi connectivity index (χ1n) is 7.60. The van der Waals surface area contributed by atoms with Crippen LogP contribution in [-0.4, -0.2) is 4.57 Å². The zero-order valence-corrected chi connectivity index (χ0v) is 13.3. The van der Waals surface area contributed by atoms with E-state index in [-0.39, 0.29) is 0 Å². The van der Waals surface area contributed by atoms with Gasteiger partial charge in [-0.2, -0.15) is 0 Å². The van der Waals surface area contributed by atoms with Gasteiger partial charge in [-0.05, 0) is 34.9 Å². The summed E-state index contributed by atoms with van der Waals surface area (Å²) in [5, 5.41) is 1.89. The SMILES string of the molecule is Clc1cccc(-c2ccc3[c]cn(Cc4ccccc4)c3c2)c1. The Morgan fingerprint density at radius 2 is 1.65 bits per heavy atom. The molecule has 111 valence electrons. The van der Waals surface area contributed by atoms with Crippen LogP contribution in [0, 0.1) is 6.07 Å². The van der Waals surface area contributed by atoms with Gasteiger partial charge < -0.3 is 4.57 Å². The minimum Gasteiger partial charge on any atom is -0.342 e. The number of halogens is 1. The maximum Gasteiger partial charge on any atom is 0.0496 e. The molecule has 0 aliphatic carbocycles. The fraction of sp³-hybridized carbons (Fsp3) is 0.0476. The number of fused-ring (bicyclic) bond motifs is 1. The minimum absolute atomic E-state index is 0.758. The van der Waals surface area contributed by atoms with Gasteiger partial charge in [0.05, 0.1) is 0 Å². The van der Waals surface area contributed by atoms with Gasteiger partial charge in [-0.3, -0.25) is 0 Å². The normalized spacial score (nSPS) is 11.0. The van der Waals surface area contributed by atoms with Crippen LogP contribution < -0.4 is 0 Å². The number of hydrogen-bond donors (Lipinski definition) is 0. The average Bonchev–Trinajstić information content (AvgIpc) is 2.98. The van der Waals surface area contributed by atoms with E-state index in [2.05, 4.69) is 59.2 Å². The molecule has 0 spiro atoms. The molecule has 0 atom stereocenters. The fourth-order valence-corrected chi connectivity index (χ4v) is 3.06. The van der Waals surface area contributed by atoms with Gasteiger partial charge in [0, 0.05) is 34.7 Å². The summed E-state index contributed by atoms with van der Waals surface area (Å²) in [4.78, 5) is 0. The Hall–Kier alpha value is -2.51. The second-order valence-corrected chi connectivity index (χ2v) is 6.07. The van der Waals surface area contributed by atoms with Crippen molar-refractivity contribution in [1.29, 1.82) is 0 Å². The van der Waals surface area contributed by atoms with E-state index in [0.29, 0.717) is 0 Å². The van der Waals surface area contributed by atoms with Crippen LogP contribution in [-0.2, 0) is 6.54 Å². The van der Waals surface area contributed by atoms with Crippen LogP contribution in [0.5, 0.6) is 0 Å². The van der Waals surface area contributed by atoms with Crippen molar-refractivity contribution in [3.63, 3.8) is 0 Å². The lowest BCUT2D eigenvalue weighted by atomic mass is 10.0. The predicted octanol–water partition coefficient (Wildman–Crippen LogP) is 5.81. The monoisotopic (exact) mass is 316 g/mol. The Bertz CT molecular complexity index is 954. The van der Waals surface area contributed by atoms with Crippen LogP contribution in [0.1, 0.15) is 5.56 Å². The second kappa shape index (κ2) is 5.94. The largest absolute Gasteiger partial charge is 0.342 e. The van der Waals surface area contributed by atoms with Crippen molar-refractivity contribution in [2.45, 2.75) is 6.54 Å². The summed E-state index contributed by atoms with van der Waals surface area (Å²) in [5.74, 6) is 0. The van der Waals surface area contributed by atoms with Gasteiger partial charge in [-0.25, -0.2) is 0 Å². The number of aromatic nitrogens is 1. The van der Waals surface area contributed by atoms with Gasteiger partial charge in [0.1, 0.15) is 0 Å². The lowest BCUT2D eigenvalue weighted by molar-refractivity contribution is 0.836. The topological polar surface area (TPSA) is 4.93 Å². The molecule has 0 unspecified atom stereocenters. The number of benzene rings is 3. The molecule has 0 aliphatic heterocycles. The van der Waals surface area contributed by atoms with Crippen molar-refractivity contribution in [1.82, 2.24) is 4.57 Å². The van der Waals surface area contributed by atoms with Crippen molar-refractivity contribution < 1.29 is 0 Å². The van der Waals surface area contributed by atoms with Crippen LogP contribution in [0.25, 0.3) is 22.0 Å². The summed E-state index contributed by atoms with van der Waals surface area (Å²) in [7, 11) is 0. The zero-order valence-electron chi connectivity index (χ0n) is 12.5. The first kappa shape index (κ1) is 14.1. The second-order valence-electron chi connectivity index (χ2n) is 5.63. The maximum absolute atomic E-state index is 6.12. The van der Waals surface area contributed by atoms with Crippen molar-refractivity contribution in [2.24, 2.45) is 0 Å². The van der Waals surface area contributed by atoms with Crippen molar-refractivity contribution >= 4 is 22.5 Å². The molecule has 4 rings (SSSR count). The minimum atomic E-state index is 0.758. The molecule has 0 N–H and O–H groups in total. The third-order valence-electron chi connectivity index (χ3n) is 4.04. The first-order chi connectivity index (χ1) is 11.3. The summed E-state index contributed by atoms with van der Waals surface area (Å²) in [6.07, 6.45) is 2.03. The third kappa shape index (κ3) is 2.88. The summed E-state index contributed by atoms with van der Waals surface area (Å²) in [6.45, 7) is 0.847. The standard InChI is InChI=1S/C21H15ClN/c22-20-8-4-7-18(13-20)19-10-9-17-11-12-23(21(17)14-19)15-16-5-2-1-3-6-16/h1-10,12-14H,15H2. The van der Waals surface area contributed by atoms with Gasteiger partial charge in [0.2, 0.25) is 0 Å². The van der Waals surface area contributed by atoms with Gasteiger partial charge in [0.15, 0.2) is 0 Å². The van der Waals surface area contributed by atoms with Crippen molar-refractivity contribution in [3.8, 4) is 11.1 Å². The van der Waals surface area contributed by atoms with Crippen LogP contribution in [0.2, 0.25) is 5.02 Å². The van der Waals surface area contributed by atoms with E-state index >= 15 is 0 Å². The smallest absolute Gasteiger partial charge is 0.0496 e. The van der Waals surface area contributed by atoms with E-state index in [4.69, 9.17) is 11.6 Å². The lowest BCUT2D eigenvalue weighted by Crippen LogP contribution is -1.97. The number of hydrogen-bond acceptors (Lipinski definition) is 0. The maximum atomic E-state index is 6.12. The molecule has 0 bridgehead atoms. The summed E-state index contributed by atoms with van der Waals surface area (Å²) in [5.41, 5.74) is 4.77. The van der Waals surface area contributed by atoms with E-state index in [1.807, 2.05) is 30.5 Å². The van der Waals surface area contributed by atoms with E-state index in [9.17, 15) is 0 Å². The molecule has 1 nitrogen and oxygen atoms in total. The molecule has 0 saturated heterocycles. The Kier molecular flexibility index (Phi) is 3.64. The molecule has 0 saturated carbocycles. The van der Waals surface area contributed by atoms with Gasteiger partial charge in [-0.1, -0.05) is 66.2 Å². The van der Waals surface area contributed by atoms with E-state index < -0.39 is 0 Å². The van der Waals surface area contributed by atoms with E-state index in [0.717, 1.165) is 22.5 Å². The highest BCUT2D eigenvalue weighted by Gasteiger charge is 2.05. The molecule has 4 aromatic rings. The molecule has 3 aromatic carbocycles. The van der Waals surface area contributed by atoms with Crippen LogP contribution >= 0.6 is 11.6 Å². The number of rotatable bonds is 3. The first-order valence-corrected chi connectivity index (χ1v) is 7.98. The molecule has 1 heterocycles. The molecular weight excluding hydrogens is 302 g/mol. The highest BCUT2D eigenvalue weighted by molar-refractivity contribution is 6.30. The molecular formula is C21H15ClN. The summed E-state index contributed by atoms with van der Waals surface area (Å²) in [6, 6.07) is 28.2. The Morgan fingerprint density at radius 1 is 0.826 bits per heavy atom. The number of nitrogens with zero attached hydrogens (tertiary/aromatic N) is 1. The molecule has 0 fully saturated rings. The molecule has 1 radical (unpaired) electrons. The van der Waals surface area contributed by atoms with Crippen LogP contribution in [0.3, 0.4) is 0 Å². The fourth-order valence-electron chi connectivity index (χ4n) is 2.87. The molecule has 2 heteroatoms. The summed E-state index contributed by atoms with van der Waals surface area (Å²) >= 11 is 6.12. The quantitative estimate of drug-likeness (QED) is 0.449. The van der Waals surface area contributed by atoms with Crippen molar-refractivity contribution in [3.05, 3.63) is 95.6 Å². The highest BCUT2D eigenvalue weighted by Crippen LogP contribution is 2.27. The van der Waals surface area contributed by atoms with Gasteiger partial charge in [-0.15, -0.1) is 0 Å². The highest BCUT2D eigenvalue weighted by atomic mass is 35.5. The third-order valence-corrected chi connectivity index (χ3v) is 4.27. The molecule has 0 amide bonds. The van der Waals surface area contributed by atoms with Gasteiger partial charge in [0.25, 0.3) is 0 Å². The lowest BCUT2D eigenvalue weighted by Gasteiger charge is -2.08. The molecule has 1 aromatic heterocycles. The van der Waals surface area contributed by atoms with Gasteiger partial charge >= 0.3 is 0 Å². The van der Waals surface area contributed by atoms with Crippen LogP contribution in [0.4, 0.5) is 0 Å². The zero-order chi connectivity index (χ0) is 15.6. The average molecular weight is 317 g/mol. The Labute approximate surface area is 140 Å². The van der Waals surface area contributed by atoms with E-state index in [1.54, 1.807) is 0 Å².